The Bertz CT molecular complexity index is 339. The summed E-state index contributed by atoms with van der Waals surface area (Å²) >= 11 is 0. The van der Waals surface area contributed by atoms with Crippen molar-refractivity contribution in [1.29, 1.82) is 0 Å². The molecule has 1 fully saturated rings. The van der Waals surface area contributed by atoms with Crippen LogP contribution in [-0.2, 0) is 0 Å². The summed E-state index contributed by atoms with van der Waals surface area (Å²) < 4.78 is 0. The van der Waals surface area contributed by atoms with Crippen LogP contribution in [0.3, 0.4) is 0 Å². The molecule has 1 aliphatic rings. The molecule has 4 nitrogen and oxygen atoms in total. The molecule has 0 saturated carbocycles. The molecule has 80 valence electrons. The fourth-order valence-electron chi connectivity index (χ4n) is 1.79. The van der Waals surface area contributed by atoms with E-state index in [1.807, 2.05) is 5.01 Å². The number of amides is 1. The van der Waals surface area contributed by atoms with E-state index < -0.39 is 0 Å². The Kier molecular flexibility index (Phi) is 2.97. The van der Waals surface area contributed by atoms with E-state index in [4.69, 9.17) is 0 Å². The molecule has 1 aromatic heterocycles. The van der Waals surface area contributed by atoms with Gasteiger partial charge in [0.15, 0.2) is 0 Å². The highest BCUT2D eigenvalue weighted by molar-refractivity contribution is 5.93. The third-order valence-corrected chi connectivity index (χ3v) is 2.72. The van der Waals surface area contributed by atoms with Gasteiger partial charge in [-0.2, -0.15) is 0 Å². The van der Waals surface area contributed by atoms with E-state index in [0.717, 1.165) is 19.4 Å². The fourth-order valence-corrected chi connectivity index (χ4v) is 1.79. The molecular weight excluding hydrogens is 190 g/mol. The molecule has 1 saturated heterocycles. The average molecular weight is 205 g/mol. The number of nitrogens with one attached hydrogen (secondary N) is 1. The van der Waals surface area contributed by atoms with E-state index in [-0.39, 0.29) is 5.91 Å². The van der Waals surface area contributed by atoms with Crippen LogP contribution in [0.4, 0.5) is 0 Å². The van der Waals surface area contributed by atoms with Crippen LogP contribution in [0.2, 0.25) is 0 Å². The molecule has 0 bridgehead atoms. The summed E-state index contributed by atoms with van der Waals surface area (Å²) in [5, 5.41) is 2.00. The molecule has 2 heterocycles. The summed E-state index contributed by atoms with van der Waals surface area (Å²) in [6.07, 6.45) is 5.53. The number of nitrogens with zero attached hydrogens (tertiary/aromatic N) is 2. The molecule has 1 aromatic rings. The van der Waals surface area contributed by atoms with Crippen molar-refractivity contribution < 1.29 is 4.79 Å². The highest BCUT2D eigenvalue weighted by atomic mass is 16.2. The van der Waals surface area contributed by atoms with Gasteiger partial charge in [0.25, 0.3) is 5.91 Å². The highest BCUT2D eigenvalue weighted by Crippen LogP contribution is 2.13. The van der Waals surface area contributed by atoms with Crippen LogP contribution >= 0.6 is 0 Å². The Balaban J connectivity index is 1.98. The second-order valence-electron chi connectivity index (χ2n) is 3.87. The van der Waals surface area contributed by atoms with Crippen molar-refractivity contribution in [2.24, 2.45) is 0 Å². The second kappa shape index (κ2) is 4.40. The predicted molar refractivity (Wildman–Crippen MR) is 57.1 cm³/mol. The van der Waals surface area contributed by atoms with E-state index in [1.165, 1.54) is 0 Å². The van der Waals surface area contributed by atoms with Gasteiger partial charge in [-0.05, 0) is 31.9 Å². The molecule has 1 atom stereocenters. The van der Waals surface area contributed by atoms with Gasteiger partial charge in [-0.25, -0.2) is 5.01 Å². The number of rotatable bonds is 2. The van der Waals surface area contributed by atoms with Crippen molar-refractivity contribution in [3.05, 3.63) is 30.1 Å². The Morgan fingerprint density at radius 2 is 2.53 bits per heavy atom. The van der Waals surface area contributed by atoms with Crippen LogP contribution in [-0.4, -0.2) is 28.5 Å². The van der Waals surface area contributed by atoms with Crippen molar-refractivity contribution in [2.75, 3.05) is 6.54 Å². The maximum absolute atomic E-state index is 11.8. The number of carbonyl (C=O) groups excluding carboxylic acids is 1. The van der Waals surface area contributed by atoms with E-state index >= 15 is 0 Å². The van der Waals surface area contributed by atoms with Gasteiger partial charge in [-0.1, -0.05) is 0 Å². The van der Waals surface area contributed by atoms with E-state index in [0.29, 0.717) is 11.6 Å². The predicted octanol–water partition coefficient (Wildman–Crippen LogP) is 1.21. The zero-order valence-corrected chi connectivity index (χ0v) is 8.81. The van der Waals surface area contributed by atoms with Gasteiger partial charge >= 0.3 is 0 Å². The van der Waals surface area contributed by atoms with Crippen molar-refractivity contribution in [2.45, 2.75) is 25.8 Å². The monoisotopic (exact) mass is 205 g/mol. The van der Waals surface area contributed by atoms with Crippen LogP contribution in [0.5, 0.6) is 0 Å². The molecule has 4 heteroatoms. The molecule has 2 rings (SSSR count). The number of hydrogen-bond acceptors (Lipinski definition) is 3. The molecule has 1 unspecified atom stereocenters. The van der Waals surface area contributed by atoms with Gasteiger partial charge < -0.3 is 0 Å². The average Bonchev–Trinajstić information content (AvgIpc) is 2.66. The van der Waals surface area contributed by atoms with Gasteiger partial charge in [0.05, 0.1) is 5.56 Å². The zero-order valence-electron chi connectivity index (χ0n) is 8.81. The normalized spacial score (nSPS) is 21.5. The number of pyridine rings is 1. The molecule has 1 amide bonds. The van der Waals surface area contributed by atoms with Crippen LogP contribution in [0.15, 0.2) is 24.5 Å². The molecule has 15 heavy (non-hydrogen) atoms. The molecule has 0 spiro atoms. The highest BCUT2D eigenvalue weighted by Gasteiger charge is 2.22. The lowest BCUT2D eigenvalue weighted by molar-refractivity contribution is 0.0776. The molecule has 0 aromatic carbocycles. The van der Waals surface area contributed by atoms with Crippen molar-refractivity contribution >= 4 is 5.91 Å². The first-order valence-electron chi connectivity index (χ1n) is 5.25. The number of hydrogen-bond donors (Lipinski definition) is 1. The standard InChI is InChI=1S/C11H15N3O/c1-9-4-3-7-14(9)13-11(15)10-5-2-6-12-8-10/h2,5-6,8-9H,3-4,7H2,1H3,(H,13,15). The maximum atomic E-state index is 11.8. The number of hydrazine groups is 1. The summed E-state index contributed by atoms with van der Waals surface area (Å²) in [6, 6.07) is 3.97. The van der Waals surface area contributed by atoms with Crippen molar-refractivity contribution in [1.82, 2.24) is 15.4 Å². The lowest BCUT2D eigenvalue weighted by Gasteiger charge is -2.21. The third kappa shape index (κ3) is 2.33. The summed E-state index contributed by atoms with van der Waals surface area (Å²) in [5.74, 6) is -0.0724. The molecule has 1 aliphatic heterocycles. The Morgan fingerprint density at radius 1 is 1.67 bits per heavy atom. The van der Waals surface area contributed by atoms with Crippen molar-refractivity contribution in [3.63, 3.8) is 0 Å². The maximum Gasteiger partial charge on any atom is 0.267 e. The topological polar surface area (TPSA) is 45.2 Å². The Labute approximate surface area is 89.3 Å². The second-order valence-corrected chi connectivity index (χ2v) is 3.87. The third-order valence-electron chi connectivity index (χ3n) is 2.72. The van der Waals surface area contributed by atoms with Crippen LogP contribution in [0, 0.1) is 0 Å². The fraction of sp³-hybridized carbons (Fsp3) is 0.455. The van der Waals surface area contributed by atoms with Gasteiger partial charge in [-0.3, -0.25) is 15.2 Å². The Morgan fingerprint density at radius 3 is 3.13 bits per heavy atom. The summed E-state index contributed by atoms with van der Waals surface area (Å²) in [7, 11) is 0. The molecule has 0 radical (unpaired) electrons. The lowest BCUT2D eigenvalue weighted by Crippen LogP contribution is -2.43. The minimum absolute atomic E-state index is 0.0724. The SMILES string of the molecule is CC1CCCN1NC(=O)c1cccnc1. The van der Waals surface area contributed by atoms with Gasteiger partial charge in [0.2, 0.25) is 0 Å². The summed E-state index contributed by atoms with van der Waals surface area (Å²) in [5.41, 5.74) is 3.51. The van der Waals surface area contributed by atoms with Crippen LogP contribution in [0.1, 0.15) is 30.1 Å². The Hall–Kier alpha value is -1.42. The van der Waals surface area contributed by atoms with Gasteiger partial charge in [0.1, 0.15) is 0 Å². The number of aromatic nitrogens is 1. The molecule has 0 aliphatic carbocycles. The smallest absolute Gasteiger partial charge is 0.267 e. The molecular formula is C11H15N3O. The minimum atomic E-state index is -0.0724. The van der Waals surface area contributed by atoms with E-state index in [2.05, 4.69) is 17.3 Å². The first-order chi connectivity index (χ1) is 7.27. The number of carbonyl (C=O) groups is 1. The largest absolute Gasteiger partial charge is 0.284 e. The minimum Gasteiger partial charge on any atom is -0.284 e. The zero-order chi connectivity index (χ0) is 10.7. The first-order valence-corrected chi connectivity index (χ1v) is 5.25. The van der Waals surface area contributed by atoms with Crippen molar-refractivity contribution in [3.8, 4) is 0 Å². The quantitative estimate of drug-likeness (QED) is 0.789. The first kappa shape index (κ1) is 10.1. The van der Waals surface area contributed by atoms with Crippen LogP contribution in [0.25, 0.3) is 0 Å². The van der Waals surface area contributed by atoms with E-state index in [1.54, 1.807) is 24.5 Å². The summed E-state index contributed by atoms with van der Waals surface area (Å²) in [4.78, 5) is 15.7. The van der Waals surface area contributed by atoms with Gasteiger partial charge in [-0.15, -0.1) is 0 Å². The van der Waals surface area contributed by atoms with Crippen LogP contribution < -0.4 is 5.43 Å². The lowest BCUT2D eigenvalue weighted by atomic mass is 10.2. The summed E-state index contributed by atoms with van der Waals surface area (Å²) in [6.45, 7) is 3.06. The van der Waals surface area contributed by atoms with Gasteiger partial charge in [0, 0.05) is 25.0 Å². The van der Waals surface area contributed by atoms with E-state index in [9.17, 15) is 4.79 Å². The molecule has 1 N–H and O–H groups in total.